The van der Waals surface area contributed by atoms with E-state index in [0.29, 0.717) is 23.8 Å². The molecule has 0 saturated carbocycles. The second-order valence-electron chi connectivity index (χ2n) is 5.17. The summed E-state index contributed by atoms with van der Waals surface area (Å²) in [6.45, 7) is 4.26. The molecule has 4 nitrogen and oxygen atoms in total. The van der Waals surface area contributed by atoms with Crippen molar-refractivity contribution >= 4 is 0 Å². The number of aliphatic hydroxyl groups excluding tert-OH is 1. The lowest BCUT2D eigenvalue weighted by atomic mass is 9.95. The first-order valence-corrected chi connectivity index (χ1v) is 6.65. The minimum Gasteiger partial charge on any atom is -0.497 e. The Hall–Kier alpha value is -1.26. The monoisotopic (exact) mass is 267 g/mol. The van der Waals surface area contributed by atoms with E-state index in [4.69, 9.17) is 15.2 Å². The third kappa shape index (κ3) is 4.40. The van der Waals surface area contributed by atoms with Gasteiger partial charge in [-0.3, -0.25) is 0 Å². The zero-order valence-electron chi connectivity index (χ0n) is 12.2. The molecule has 19 heavy (non-hydrogen) atoms. The van der Waals surface area contributed by atoms with Crippen molar-refractivity contribution in [3.8, 4) is 11.5 Å². The minimum atomic E-state index is -0.580. The van der Waals surface area contributed by atoms with Gasteiger partial charge >= 0.3 is 0 Å². The Labute approximate surface area is 115 Å². The highest BCUT2D eigenvalue weighted by molar-refractivity contribution is 5.42. The lowest BCUT2D eigenvalue weighted by Crippen LogP contribution is -2.27. The van der Waals surface area contributed by atoms with E-state index in [1.54, 1.807) is 14.2 Å². The van der Waals surface area contributed by atoms with Gasteiger partial charge < -0.3 is 20.3 Å². The van der Waals surface area contributed by atoms with E-state index in [0.717, 1.165) is 12.0 Å². The lowest BCUT2D eigenvalue weighted by Gasteiger charge is -2.22. The summed E-state index contributed by atoms with van der Waals surface area (Å²) in [7, 11) is 3.20. The molecule has 1 aromatic carbocycles. The molecular formula is C15H25NO3. The molecule has 108 valence electrons. The third-order valence-corrected chi connectivity index (χ3v) is 3.25. The van der Waals surface area contributed by atoms with E-state index >= 15 is 0 Å². The molecular weight excluding hydrogens is 242 g/mol. The zero-order chi connectivity index (χ0) is 14.4. The first-order chi connectivity index (χ1) is 8.99. The highest BCUT2D eigenvalue weighted by Crippen LogP contribution is 2.31. The summed E-state index contributed by atoms with van der Waals surface area (Å²) in [4.78, 5) is 0. The van der Waals surface area contributed by atoms with Crippen LogP contribution in [0.4, 0.5) is 0 Å². The van der Waals surface area contributed by atoms with Crippen molar-refractivity contribution in [3.63, 3.8) is 0 Å². The van der Waals surface area contributed by atoms with Crippen molar-refractivity contribution in [2.75, 3.05) is 14.2 Å². The number of aliphatic hydroxyl groups is 1. The van der Waals surface area contributed by atoms with Gasteiger partial charge in [-0.15, -0.1) is 0 Å². The van der Waals surface area contributed by atoms with Crippen molar-refractivity contribution in [3.05, 3.63) is 23.8 Å². The van der Waals surface area contributed by atoms with Crippen LogP contribution in [0.5, 0.6) is 11.5 Å². The highest BCUT2D eigenvalue weighted by Gasteiger charge is 2.21. The molecule has 0 aliphatic rings. The Morgan fingerprint density at radius 1 is 1.16 bits per heavy atom. The minimum absolute atomic E-state index is 0.469. The molecule has 3 N–H and O–H groups in total. The fourth-order valence-corrected chi connectivity index (χ4v) is 1.99. The molecule has 0 aromatic heterocycles. The van der Waals surface area contributed by atoms with E-state index in [-0.39, 0.29) is 0 Å². The van der Waals surface area contributed by atoms with Gasteiger partial charge in [0, 0.05) is 5.56 Å². The van der Waals surface area contributed by atoms with Gasteiger partial charge in [-0.1, -0.05) is 13.8 Å². The SMILES string of the molecule is COc1ccc(OC)c([C@@H](N)[C@@H](O)CCC(C)C)c1. The van der Waals surface area contributed by atoms with Crippen LogP contribution < -0.4 is 15.2 Å². The molecule has 2 atom stereocenters. The van der Waals surface area contributed by atoms with E-state index < -0.39 is 12.1 Å². The second-order valence-corrected chi connectivity index (χ2v) is 5.17. The fraction of sp³-hybridized carbons (Fsp3) is 0.600. The summed E-state index contributed by atoms with van der Waals surface area (Å²) in [5.41, 5.74) is 6.92. The van der Waals surface area contributed by atoms with Gasteiger partial charge in [-0.25, -0.2) is 0 Å². The van der Waals surface area contributed by atoms with Gasteiger partial charge in [0.15, 0.2) is 0 Å². The maximum atomic E-state index is 10.2. The number of ether oxygens (including phenoxy) is 2. The molecule has 0 aliphatic carbocycles. The van der Waals surface area contributed by atoms with Crippen molar-refractivity contribution < 1.29 is 14.6 Å². The maximum Gasteiger partial charge on any atom is 0.123 e. The smallest absolute Gasteiger partial charge is 0.123 e. The third-order valence-electron chi connectivity index (χ3n) is 3.25. The van der Waals surface area contributed by atoms with Gasteiger partial charge in [-0.05, 0) is 37.0 Å². The van der Waals surface area contributed by atoms with E-state index in [9.17, 15) is 5.11 Å². The summed E-state index contributed by atoms with van der Waals surface area (Å²) < 4.78 is 10.5. The molecule has 1 rings (SSSR count). The Kier molecular flexibility index (Phi) is 6.12. The lowest BCUT2D eigenvalue weighted by molar-refractivity contribution is 0.127. The topological polar surface area (TPSA) is 64.7 Å². The van der Waals surface area contributed by atoms with Crippen LogP contribution in [-0.4, -0.2) is 25.4 Å². The first-order valence-electron chi connectivity index (χ1n) is 6.65. The zero-order valence-corrected chi connectivity index (χ0v) is 12.2. The van der Waals surface area contributed by atoms with Crippen molar-refractivity contribution in [1.82, 2.24) is 0 Å². The van der Waals surface area contributed by atoms with Crippen molar-refractivity contribution in [2.24, 2.45) is 11.7 Å². The van der Waals surface area contributed by atoms with E-state index in [1.165, 1.54) is 0 Å². The maximum absolute atomic E-state index is 10.2. The van der Waals surface area contributed by atoms with Crippen LogP contribution in [0.3, 0.4) is 0 Å². The van der Waals surface area contributed by atoms with Gasteiger partial charge in [0.25, 0.3) is 0 Å². The normalized spacial score (nSPS) is 14.3. The van der Waals surface area contributed by atoms with Gasteiger partial charge in [-0.2, -0.15) is 0 Å². The summed E-state index contributed by atoms with van der Waals surface area (Å²) in [6, 6.07) is 4.98. The predicted octanol–water partition coefficient (Wildman–Crippen LogP) is 2.50. The molecule has 0 aliphatic heterocycles. The molecule has 0 radical (unpaired) electrons. The van der Waals surface area contributed by atoms with Crippen LogP contribution in [0.2, 0.25) is 0 Å². The number of hydrogen-bond donors (Lipinski definition) is 2. The number of benzene rings is 1. The van der Waals surface area contributed by atoms with Crippen LogP contribution in [0.25, 0.3) is 0 Å². The summed E-state index contributed by atoms with van der Waals surface area (Å²) >= 11 is 0. The standard InChI is InChI=1S/C15H25NO3/c1-10(2)5-7-13(17)15(16)12-9-11(18-3)6-8-14(12)19-4/h6,8-10,13,15,17H,5,7,16H2,1-4H3/t13-,15+/m0/s1. The summed E-state index contributed by atoms with van der Waals surface area (Å²) in [6.07, 6.45) is 1.05. The van der Waals surface area contributed by atoms with Crippen molar-refractivity contribution in [1.29, 1.82) is 0 Å². The molecule has 0 bridgehead atoms. The number of methoxy groups -OCH3 is 2. The van der Waals surface area contributed by atoms with Gasteiger partial charge in [0.05, 0.1) is 26.4 Å². The number of hydrogen-bond acceptors (Lipinski definition) is 4. The van der Waals surface area contributed by atoms with Gasteiger partial charge in [0.1, 0.15) is 11.5 Å². The quantitative estimate of drug-likeness (QED) is 0.796. The van der Waals surface area contributed by atoms with Crippen molar-refractivity contribution in [2.45, 2.75) is 38.8 Å². The molecule has 0 heterocycles. The molecule has 0 amide bonds. The number of rotatable bonds is 7. The van der Waals surface area contributed by atoms with Crippen LogP contribution in [0.15, 0.2) is 18.2 Å². The Morgan fingerprint density at radius 3 is 2.37 bits per heavy atom. The van der Waals surface area contributed by atoms with Gasteiger partial charge in [0.2, 0.25) is 0 Å². The fourth-order valence-electron chi connectivity index (χ4n) is 1.99. The average molecular weight is 267 g/mol. The Balaban J connectivity index is 2.87. The summed E-state index contributed by atoms with van der Waals surface area (Å²) in [5.74, 6) is 1.94. The number of nitrogens with two attached hydrogens (primary N) is 1. The van der Waals surface area contributed by atoms with E-state index in [1.807, 2.05) is 18.2 Å². The predicted molar refractivity (Wildman–Crippen MR) is 76.6 cm³/mol. The molecule has 0 saturated heterocycles. The van der Waals surface area contributed by atoms with Crippen LogP contribution >= 0.6 is 0 Å². The molecule has 0 unspecified atom stereocenters. The molecule has 0 spiro atoms. The first kappa shape index (κ1) is 15.8. The van der Waals surface area contributed by atoms with Crippen LogP contribution in [0.1, 0.15) is 38.3 Å². The molecule has 4 heteroatoms. The van der Waals surface area contributed by atoms with Crippen LogP contribution in [-0.2, 0) is 0 Å². The summed E-state index contributed by atoms with van der Waals surface area (Å²) in [5, 5.41) is 10.2. The second kappa shape index (κ2) is 7.36. The van der Waals surface area contributed by atoms with Crippen LogP contribution in [0, 0.1) is 5.92 Å². The molecule has 0 fully saturated rings. The average Bonchev–Trinajstić information content (AvgIpc) is 2.42. The highest BCUT2D eigenvalue weighted by atomic mass is 16.5. The Bertz CT molecular complexity index is 393. The van der Waals surface area contributed by atoms with E-state index in [2.05, 4.69) is 13.8 Å². The molecule has 1 aromatic rings. The largest absolute Gasteiger partial charge is 0.497 e. The Morgan fingerprint density at radius 2 is 1.84 bits per heavy atom.